The lowest BCUT2D eigenvalue weighted by Gasteiger charge is -2.27. The molecule has 1 aliphatic rings. The summed E-state index contributed by atoms with van der Waals surface area (Å²) in [5.74, 6) is -1.61. The van der Waals surface area contributed by atoms with Crippen molar-refractivity contribution >= 4 is 34.7 Å². The van der Waals surface area contributed by atoms with E-state index in [1.165, 1.54) is 24.1 Å². The molecule has 8 heteroatoms. The molecule has 0 saturated carbocycles. The molecule has 0 aromatic heterocycles. The fourth-order valence-corrected chi connectivity index (χ4v) is 4.82. The quantitative estimate of drug-likeness (QED) is 0.225. The molecule has 3 aromatic carbocycles. The van der Waals surface area contributed by atoms with Gasteiger partial charge in [0.2, 0.25) is 0 Å². The first-order valence-electron chi connectivity index (χ1n) is 11.7. The minimum absolute atomic E-state index is 0.0656. The number of amides is 1. The lowest BCUT2D eigenvalue weighted by molar-refractivity contribution is -0.132. The van der Waals surface area contributed by atoms with Crippen LogP contribution >= 0.6 is 11.6 Å². The minimum Gasteiger partial charge on any atom is -0.507 e. The van der Waals surface area contributed by atoms with E-state index in [2.05, 4.69) is 0 Å². The minimum atomic E-state index is -1.05. The van der Waals surface area contributed by atoms with Gasteiger partial charge in [-0.3, -0.25) is 14.5 Å². The van der Waals surface area contributed by atoms with Crippen LogP contribution in [-0.4, -0.2) is 31.0 Å². The Labute approximate surface area is 219 Å². The summed E-state index contributed by atoms with van der Waals surface area (Å²) >= 11 is 6.02. The number of carbonyl (C=O) groups excluding carboxylic acids is 2. The Kier molecular flexibility index (Phi) is 7.28. The third-order valence-corrected chi connectivity index (χ3v) is 6.80. The number of anilines is 1. The lowest BCUT2D eigenvalue weighted by atomic mass is 9.90. The van der Waals surface area contributed by atoms with Crippen molar-refractivity contribution in [3.8, 4) is 11.5 Å². The van der Waals surface area contributed by atoms with Crippen molar-refractivity contribution in [1.82, 2.24) is 0 Å². The maximum Gasteiger partial charge on any atom is 0.300 e. The van der Waals surface area contributed by atoms with Crippen LogP contribution in [0, 0.1) is 12.7 Å². The van der Waals surface area contributed by atoms with Crippen LogP contribution < -0.4 is 14.4 Å². The molecule has 192 valence electrons. The van der Waals surface area contributed by atoms with Gasteiger partial charge in [0.15, 0.2) is 0 Å². The molecule has 1 atom stereocenters. The zero-order chi connectivity index (χ0) is 27.0. The molecule has 0 radical (unpaired) electrons. The molecule has 1 N–H and O–H groups in total. The number of para-hydroxylation sites is 1. The average molecular weight is 524 g/mol. The Balaban J connectivity index is 2.03. The van der Waals surface area contributed by atoms with Crippen LogP contribution in [0.1, 0.15) is 48.1 Å². The van der Waals surface area contributed by atoms with Gasteiger partial charge >= 0.3 is 0 Å². The number of methoxy groups -OCH3 is 2. The van der Waals surface area contributed by atoms with Gasteiger partial charge in [-0.1, -0.05) is 43.6 Å². The predicted octanol–water partition coefficient (Wildman–Crippen LogP) is 6.55. The van der Waals surface area contributed by atoms with Crippen molar-refractivity contribution < 1.29 is 28.6 Å². The number of rotatable bonds is 6. The number of nitrogens with zero attached hydrogens (tertiary/aromatic N) is 1. The highest BCUT2D eigenvalue weighted by Crippen LogP contribution is 2.46. The maximum absolute atomic E-state index is 14.0. The zero-order valence-corrected chi connectivity index (χ0v) is 21.9. The number of aliphatic hydroxyl groups is 1. The van der Waals surface area contributed by atoms with Crippen LogP contribution in [0.25, 0.3) is 5.76 Å². The van der Waals surface area contributed by atoms with Crippen molar-refractivity contribution in [2.45, 2.75) is 32.7 Å². The standard InChI is InChI=1S/C29H27ClFNO5/c1-15(2)19-14-20(16(3)12-24(19)37-5)27(33)25-26(18-8-6-7-9-23(18)36-4)32(29(35)28(25)34)17-10-11-22(31)21(30)13-17/h6-15,26,33H,1-5H3/b27-25+. The number of benzene rings is 3. The maximum atomic E-state index is 14.0. The Bertz CT molecular complexity index is 1430. The van der Waals surface area contributed by atoms with Gasteiger partial charge in [0.05, 0.1) is 30.9 Å². The summed E-state index contributed by atoms with van der Waals surface area (Å²) in [5.41, 5.74) is 2.47. The lowest BCUT2D eigenvalue weighted by Crippen LogP contribution is -2.29. The first kappa shape index (κ1) is 26.2. The molecule has 1 unspecified atom stereocenters. The first-order valence-corrected chi connectivity index (χ1v) is 12.1. The number of halogens is 2. The molecular formula is C29H27ClFNO5. The van der Waals surface area contributed by atoms with Crippen molar-refractivity contribution in [3.63, 3.8) is 0 Å². The number of Topliss-reactive ketones (excluding diaryl/α,β-unsaturated/α-hetero) is 1. The van der Waals surface area contributed by atoms with Gasteiger partial charge in [-0.25, -0.2) is 4.39 Å². The Morgan fingerprint density at radius 1 is 1.03 bits per heavy atom. The third kappa shape index (κ3) is 4.55. The highest BCUT2D eigenvalue weighted by Gasteiger charge is 2.48. The van der Waals surface area contributed by atoms with Gasteiger partial charge < -0.3 is 14.6 Å². The summed E-state index contributed by atoms with van der Waals surface area (Å²) in [5, 5.41) is 11.4. The van der Waals surface area contributed by atoms with Crippen molar-refractivity contribution in [2.24, 2.45) is 0 Å². The number of aliphatic hydroxyl groups excluding tert-OH is 1. The smallest absolute Gasteiger partial charge is 0.300 e. The van der Waals surface area contributed by atoms with Gasteiger partial charge in [-0.05, 0) is 60.4 Å². The molecule has 0 aliphatic carbocycles. The van der Waals surface area contributed by atoms with Gasteiger partial charge in [-0.2, -0.15) is 0 Å². The second-order valence-corrected chi connectivity index (χ2v) is 9.48. The molecule has 0 spiro atoms. The second kappa shape index (κ2) is 10.3. The molecule has 6 nitrogen and oxygen atoms in total. The second-order valence-electron chi connectivity index (χ2n) is 9.07. The van der Waals surface area contributed by atoms with Crippen LogP contribution in [0.4, 0.5) is 10.1 Å². The molecule has 1 amide bonds. The number of carbonyl (C=O) groups is 2. The van der Waals surface area contributed by atoms with Crippen molar-refractivity contribution in [2.75, 3.05) is 19.1 Å². The van der Waals surface area contributed by atoms with Gasteiger partial charge in [0.1, 0.15) is 23.1 Å². The van der Waals surface area contributed by atoms with E-state index < -0.39 is 23.5 Å². The molecule has 1 fully saturated rings. The Hall–Kier alpha value is -3.84. The number of hydrogen-bond acceptors (Lipinski definition) is 5. The van der Waals surface area contributed by atoms with Crippen LogP contribution in [0.3, 0.4) is 0 Å². The van der Waals surface area contributed by atoms with Crippen LogP contribution in [-0.2, 0) is 9.59 Å². The number of hydrogen-bond donors (Lipinski definition) is 1. The third-order valence-electron chi connectivity index (χ3n) is 6.51. The summed E-state index contributed by atoms with van der Waals surface area (Å²) in [6.45, 7) is 5.77. The molecular weight excluding hydrogens is 497 g/mol. The molecule has 1 aliphatic heterocycles. The summed E-state index contributed by atoms with van der Waals surface area (Å²) in [4.78, 5) is 28.1. The van der Waals surface area contributed by atoms with Gasteiger partial charge in [0, 0.05) is 16.8 Å². The fraction of sp³-hybridized carbons (Fsp3) is 0.241. The summed E-state index contributed by atoms with van der Waals surface area (Å²) in [6, 6.07) is 13.2. The van der Waals surface area contributed by atoms with Crippen LogP contribution in [0.5, 0.6) is 11.5 Å². The fourth-order valence-electron chi connectivity index (χ4n) is 4.65. The summed E-state index contributed by atoms with van der Waals surface area (Å²) in [7, 11) is 3.05. The van der Waals surface area contributed by atoms with E-state index in [4.69, 9.17) is 21.1 Å². The predicted molar refractivity (Wildman–Crippen MR) is 141 cm³/mol. The van der Waals surface area contributed by atoms with Gasteiger partial charge in [0.25, 0.3) is 11.7 Å². The largest absolute Gasteiger partial charge is 0.507 e. The first-order chi connectivity index (χ1) is 17.6. The van der Waals surface area contributed by atoms with E-state index >= 15 is 0 Å². The monoisotopic (exact) mass is 523 g/mol. The van der Waals surface area contributed by atoms with Crippen LogP contribution in [0.2, 0.25) is 5.02 Å². The van der Waals surface area contributed by atoms with E-state index in [9.17, 15) is 19.1 Å². The molecule has 3 aromatic rings. The molecule has 1 saturated heterocycles. The number of ketones is 1. The van der Waals surface area contributed by atoms with Crippen molar-refractivity contribution in [3.05, 3.63) is 93.3 Å². The highest BCUT2D eigenvalue weighted by molar-refractivity contribution is 6.52. The summed E-state index contributed by atoms with van der Waals surface area (Å²) in [6.07, 6.45) is 0. The zero-order valence-electron chi connectivity index (χ0n) is 21.1. The van der Waals surface area contributed by atoms with Gasteiger partial charge in [-0.15, -0.1) is 0 Å². The Morgan fingerprint density at radius 2 is 1.70 bits per heavy atom. The SMILES string of the molecule is COc1cc(C)c(/C(O)=C2\C(=O)C(=O)N(c3ccc(F)c(Cl)c3)C2c2ccccc2OC)cc1C(C)C. The van der Waals surface area contributed by atoms with E-state index in [-0.39, 0.29) is 28.0 Å². The van der Waals surface area contributed by atoms with E-state index in [1.54, 1.807) is 50.4 Å². The van der Waals surface area contributed by atoms with E-state index in [0.717, 1.165) is 11.6 Å². The number of aryl methyl sites for hydroxylation is 1. The number of ether oxygens (including phenoxy) is 2. The van der Waals surface area contributed by atoms with E-state index in [1.807, 2.05) is 13.8 Å². The van der Waals surface area contributed by atoms with E-state index in [0.29, 0.717) is 28.2 Å². The molecule has 0 bridgehead atoms. The average Bonchev–Trinajstić information content (AvgIpc) is 3.14. The van der Waals surface area contributed by atoms with Crippen LogP contribution in [0.15, 0.2) is 60.2 Å². The normalized spacial score (nSPS) is 17.0. The Morgan fingerprint density at radius 3 is 2.32 bits per heavy atom. The topological polar surface area (TPSA) is 76.1 Å². The molecule has 37 heavy (non-hydrogen) atoms. The highest BCUT2D eigenvalue weighted by atomic mass is 35.5. The summed E-state index contributed by atoms with van der Waals surface area (Å²) < 4.78 is 25.0. The molecule has 4 rings (SSSR count). The van der Waals surface area contributed by atoms with Crippen molar-refractivity contribution in [1.29, 1.82) is 0 Å². The molecule has 1 heterocycles.